The first-order chi connectivity index (χ1) is 11.0. The van der Waals surface area contributed by atoms with Crippen molar-refractivity contribution in [3.05, 3.63) is 29.3 Å². The second kappa shape index (κ2) is 5.49. The highest BCUT2D eigenvalue weighted by Crippen LogP contribution is 2.62. The molecule has 3 unspecified atom stereocenters. The van der Waals surface area contributed by atoms with E-state index in [0.29, 0.717) is 36.0 Å². The number of hydrogen-bond acceptors (Lipinski definition) is 3. The Labute approximate surface area is 138 Å². The van der Waals surface area contributed by atoms with E-state index in [1.807, 2.05) is 12.1 Å². The minimum atomic E-state index is -0.129. The number of hydrogen-bond donors (Lipinski definition) is 2. The second-order valence-corrected chi connectivity index (χ2v) is 8.22. The molecule has 23 heavy (non-hydrogen) atoms. The van der Waals surface area contributed by atoms with Crippen LogP contribution < -0.4 is 0 Å². The molecule has 2 fully saturated rings. The number of phenols is 1. The van der Waals surface area contributed by atoms with Crippen molar-refractivity contribution in [3.8, 4) is 5.75 Å². The van der Waals surface area contributed by atoms with Crippen molar-refractivity contribution >= 4 is 0 Å². The van der Waals surface area contributed by atoms with Gasteiger partial charge in [-0.3, -0.25) is 0 Å². The van der Waals surface area contributed by atoms with Gasteiger partial charge in [0.15, 0.2) is 0 Å². The van der Waals surface area contributed by atoms with Gasteiger partial charge in [-0.05, 0) is 78.5 Å². The van der Waals surface area contributed by atoms with Crippen LogP contribution in [-0.2, 0) is 4.74 Å². The lowest BCUT2D eigenvalue weighted by molar-refractivity contribution is -0.0273. The van der Waals surface area contributed by atoms with Crippen LogP contribution >= 0.6 is 0 Å². The van der Waals surface area contributed by atoms with Gasteiger partial charge in [0, 0.05) is 13.0 Å². The maximum atomic E-state index is 10.5. The number of methoxy groups -OCH3 is 1. The van der Waals surface area contributed by atoms with E-state index >= 15 is 0 Å². The molecule has 1 aromatic carbocycles. The van der Waals surface area contributed by atoms with Crippen molar-refractivity contribution in [2.45, 2.75) is 57.0 Å². The maximum Gasteiger partial charge on any atom is 0.115 e. The van der Waals surface area contributed by atoms with E-state index in [1.165, 1.54) is 11.1 Å². The number of phenolic OH excluding ortho intramolecular Hbond substituents is 1. The normalized spacial score (nSPS) is 42.0. The molecule has 0 saturated heterocycles. The van der Waals surface area contributed by atoms with Crippen LogP contribution in [0.4, 0.5) is 0 Å². The molecule has 0 amide bonds. The van der Waals surface area contributed by atoms with Crippen molar-refractivity contribution in [2.75, 3.05) is 13.7 Å². The van der Waals surface area contributed by atoms with Crippen LogP contribution in [0.2, 0.25) is 0 Å². The largest absolute Gasteiger partial charge is 0.508 e. The summed E-state index contributed by atoms with van der Waals surface area (Å²) in [4.78, 5) is 0. The van der Waals surface area contributed by atoms with Gasteiger partial charge in [0.05, 0.1) is 12.7 Å². The smallest absolute Gasteiger partial charge is 0.115 e. The molecule has 1 aromatic rings. The number of benzene rings is 1. The monoisotopic (exact) mass is 316 g/mol. The van der Waals surface area contributed by atoms with E-state index in [0.717, 1.165) is 32.1 Å². The standard InChI is InChI=1S/C20H28O3/c1-20-8-7-15-14-4-3-13(21)10-16(14)12(11-23-2)9-17(15)18(20)5-6-19(20)22/h3-4,10,12,15,17-19,21-22H,5-9,11H2,1-2H3/t12?,15-,17-,18?,19?,20+/m1/s1. The fourth-order valence-electron chi connectivity index (χ4n) is 6.04. The molecule has 2 N–H and O–H groups in total. The van der Waals surface area contributed by atoms with Gasteiger partial charge < -0.3 is 14.9 Å². The Kier molecular flexibility index (Phi) is 3.69. The number of ether oxygens (including phenoxy) is 1. The van der Waals surface area contributed by atoms with Gasteiger partial charge in [0.2, 0.25) is 0 Å². The predicted octanol–water partition coefficient (Wildman–Crippen LogP) is 3.80. The van der Waals surface area contributed by atoms with Crippen molar-refractivity contribution in [1.82, 2.24) is 0 Å². The van der Waals surface area contributed by atoms with Gasteiger partial charge in [-0.25, -0.2) is 0 Å². The van der Waals surface area contributed by atoms with Gasteiger partial charge in [0.25, 0.3) is 0 Å². The third-order valence-electron chi connectivity index (χ3n) is 7.22. The van der Waals surface area contributed by atoms with Crippen LogP contribution in [0.15, 0.2) is 18.2 Å². The van der Waals surface area contributed by atoms with Crippen molar-refractivity contribution < 1.29 is 14.9 Å². The highest BCUT2D eigenvalue weighted by molar-refractivity contribution is 5.42. The molecule has 4 rings (SSSR count). The van der Waals surface area contributed by atoms with Crippen LogP contribution in [0.5, 0.6) is 5.75 Å². The second-order valence-electron chi connectivity index (χ2n) is 8.22. The van der Waals surface area contributed by atoms with E-state index in [2.05, 4.69) is 13.0 Å². The molecule has 0 aromatic heterocycles. The number of aliphatic hydroxyl groups excluding tert-OH is 1. The first-order valence-corrected chi connectivity index (χ1v) is 9.04. The molecule has 3 aliphatic carbocycles. The molecular weight excluding hydrogens is 288 g/mol. The highest BCUT2D eigenvalue weighted by atomic mass is 16.5. The summed E-state index contributed by atoms with van der Waals surface area (Å²) < 4.78 is 5.48. The van der Waals surface area contributed by atoms with Crippen molar-refractivity contribution in [3.63, 3.8) is 0 Å². The number of fused-ring (bicyclic) bond motifs is 5. The van der Waals surface area contributed by atoms with E-state index in [4.69, 9.17) is 4.74 Å². The van der Waals surface area contributed by atoms with Gasteiger partial charge >= 0.3 is 0 Å². The Morgan fingerprint density at radius 3 is 2.83 bits per heavy atom. The summed E-state index contributed by atoms with van der Waals surface area (Å²) in [5, 5.41) is 20.4. The lowest BCUT2D eigenvalue weighted by Gasteiger charge is -2.51. The van der Waals surface area contributed by atoms with Crippen LogP contribution in [-0.4, -0.2) is 30.0 Å². The minimum absolute atomic E-state index is 0.104. The predicted molar refractivity (Wildman–Crippen MR) is 89.6 cm³/mol. The third-order valence-corrected chi connectivity index (χ3v) is 7.22. The molecule has 0 spiro atoms. The molecule has 0 aliphatic heterocycles. The molecule has 2 saturated carbocycles. The Bertz CT molecular complexity index is 599. The maximum absolute atomic E-state index is 10.5. The fourth-order valence-corrected chi connectivity index (χ4v) is 6.04. The first-order valence-electron chi connectivity index (χ1n) is 9.04. The Balaban J connectivity index is 1.74. The lowest BCUT2D eigenvalue weighted by Crippen LogP contribution is -2.44. The Morgan fingerprint density at radius 2 is 2.04 bits per heavy atom. The topological polar surface area (TPSA) is 49.7 Å². The zero-order valence-electron chi connectivity index (χ0n) is 14.2. The van der Waals surface area contributed by atoms with E-state index < -0.39 is 0 Å². The van der Waals surface area contributed by atoms with E-state index in [9.17, 15) is 10.2 Å². The average Bonchev–Trinajstić information content (AvgIpc) is 2.83. The van der Waals surface area contributed by atoms with Crippen LogP contribution in [0, 0.1) is 17.3 Å². The van der Waals surface area contributed by atoms with Gasteiger partial charge in [-0.15, -0.1) is 0 Å². The molecule has 3 heteroatoms. The number of rotatable bonds is 2. The van der Waals surface area contributed by atoms with Gasteiger partial charge in [-0.2, -0.15) is 0 Å². The first kappa shape index (κ1) is 15.5. The fraction of sp³-hybridized carbons (Fsp3) is 0.700. The SMILES string of the molecule is COCC1C[C@H]2C3CCC(O)[C@@]3(C)CC[C@@H]2c2ccc(O)cc21. The van der Waals surface area contributed by atoms with Crippen molar-refractivity contribution in [1.29, 1.82) is 0 Å². The summed E-state index contributed by atoms with van der Waals surface area (Å²) in [5.41, 5.74) is 2.81. The van der Waals surface area contributed by atoms with E-state index in [-0.39, 0.29) is 11.5 Å². The molecule has 3 aliphatic rings. The summed E-state index contributed by atoms with van der Waals surface area (Å²) >= 11 is 0. The van der Waals surface area contributed by atoms with Gasteiger partial charge in [0.1, 0.15) is 5.75 Å². The third kappa shape index (κ3) is 2.24. The summed E-state index contributed by atoms with van der Waals surface area (Å²) in [6.45, 7) is 3.02. The number of aromatic hydroxyl groups is 1. The Hall–Kier alpha value is -1.06. The zero-order chi connectivity index (χ0) is 16.2. The molecular formula is C20H28O3. The quantitative estimate of drug-likeness (QED) is 0.872. The van der Waals surface area contributed by atoms with Crippen LogP contribution in [0.1, 0.15) is 62.0 Å². The zero-order valence-corrected chi connectivity index (χ0v) is 14.2. The minimum Gasteiger partial charge on any atom is -0.508 e. The summed E-state index contributed by atoms with van der Waals surface area (Å²) in [5.74, 6) is 2.58. The highest BCUT2D eigenvalue weighted by Gasteiger charge is 2.55. The summed E-state index contributed by atoms with van der Waals surface area (Å²) in [6.07, 6.45) is 5.40. The molecule has 0 heterocycles. The average molecular weight is 316 g/mol. The molecule has 0 radical (unpaired) electrons. The molecule has 6 atom stereocenters. The Morgan fingerprint density at radius 1 is 1.22 bits per heavy atom. The lowest BCUT2D eigenvalue weighted by atomic mass is 9.54. The molecule has 0 bridgehead atoms. The summed E-state index contributed by atoms with van der Waals surface area (Å²) in [6, 6.07) is 5.92. The van der Waals surface area contributed by atoms with Crippen LogP contribution in [0.3, 0.4) is 0 Å². The number of aliphatic hydroxyl groups is 1. The van der Waals surface area contributed by atoms with E-state index in [1.54, 1.807) is 7.11 Å². The van der Waals surface area contributed by atoms with Crippen LogP contribution in [0.25, 0.3) is 0 Å². The van der Waals surface area contributed by atoms with Gasteiger partial charge in [-0.1, -0.05) is 13.0 Å². The molecule has 3 nitrogen and oxygen atoms in total. The molecule has 126 valence electrons. The summed E-state index contributed by atoms with van der Waals surface area (Å²) in [7, 11) is 1.76. The van der Waals surface area contributed by atoms with Crippen molar-refractivity contribution in [2.24, 2.45) is 17.3 Å².